The minimum absolute atomic E-state index is 0.0203. The second-order valence-electron chi connectivity index (χ2n) is 8.10. The maximum absolute atomic E-state index is 12.7. The molecular formula is C23H28N2O8. The molecule has 2 aliphatic rings. The molecule has 2 aliphatic heterocycles. The van der Waals surface area contributed by atoms with Crippen molar-refractivity contribution in [2.24, 2.45) is 0 Å². The third-order valence-corrected chi connectivity index (χ3v) is 6.13. The molecular weight excluding hydrogens is 432 g/mol. The Labute approximate surface area is 190 Å². The van der Waals surface area contributed by atoms with Gasteiger partial charge in [-0.2, -0.15) is 0 Å². The van der Waals surface area contributed by atoms with E-state index >= 15 is 0 Å². The van der Waals surface area contributed by atoms with Crippen molar-refractivity contribution in [2.45, 2.75) is 13.3 Å². The van der Waals surface area contributed by atoms with Crippen LogP contribution in [-0.2, 0) is 20.7 Å². The lowest BCUT2D eigenvalue weighted by Crippen LogP contribution is -2.42. The molecule has 33 heavy (non-hydrogen) atoms. The van der Waals surface area contributed by atoms with Crippen LogP contribution in [-0.4, -0.2) is 92.9 Å². The second kappa shape index (κ2) is 10.3. The number of phenolic OH excluding ortho intramolecular Hbond substituents is 1. The number of hydrogen-bond donors (Lipinski definition) is 1. The predicted octanol–water partition coefficient (Wildman–Crippen LogP) is 0.732. The molecule has 10 heteroatoms. The van der Waals surface area contributed by atoms with Gasteiger partial charge in [-0.15, -0.1) is 0 Å². The molecule has 2 saturated heterocycles. The lowest BCUT2D eigenvalue weighted by Gasteiger charge is -2.27. The molecule has 0 saturated carbocycles. The minimum Gasteiger partial charge on any atom is -0.504 e. The van der Waals surface area contributed by atoms with E-state index in [-0.39, 0.29) is 40.5 Å². The van der Waals surface area contributed by atoms with Crippen molar-refractivity contribution < 1.29 is 33.3 Å². The normalized spacial score (nSPS) is 17.3. The topological polar surface area (TPSA) is 119 Å². The Morgan fingerprint density at radius 3 is 2.48 bits per heavy atom. The zero-order valence-corrected chi connectivity index (χ0v) is 18.6. The fourth-order valence-corrected chi connectivity index (χ4v) is 4.12. The highest BCUT2D eigenvalue weighted by molar-refractivity contribution is 6.00. The molecule has 0 spiro atoms. The van der Waals surface area contributed by atoms with E-state index in [1.165, 1.54) is 0 Å². The lowest BCUT2D eigenvalue weighted by molar-refractivity contribution is -0.134. The van der Waals surface area contributed by atoms with Gasteiger partial charge in [-0.3, -0.25) is 14.5 Å². The summed E-state index contributed by atoms with van der Waals surface area (Å²) in [6.07, 6.45) is 0.321. The van der Waals surface area contributed by atoms with E-state index in [2.05, 4.69) is 4.90 Å². The highest BCUT2D eigenvalue weighted by atomic mass is 16.5. The first-order chi connectivity index (χ1) is 16.0. The number of hydrogen-bond acceptors (Lipinski definition) is 9. The average Bonchev–Trinajstić information content (AvgIpc) is 2.84. The predicted molar refractivity (Wildman–Crippen MR) is 118 cm³/mol. The number of carbonyl (C=O) groups is 2. The van der Waals surface area contributed by atoms with Crippen LogP contribution in [0.15, 0.2) is 15.3 Å². The average molecular weight is 460 g/mol. The van der Waals surface area contributed by atoms with Crippen LogP contribution in [0.4, 0.5) is 0 Å². The molecule has 0 unspecified atom stereocenters. The number of aromatic hydroxyl groups is 1. The van der Waals surface area contributed by atoms with Gasteiger partial charge in [0.05, 0.1) is 38.4 Å². The quantitative estimate of drug-likeness (QED) is 0.471. The largest absolute Gasteiger partial charge is 0.504 e. The molecule has 1 amide bonds. The number of carbonyl (C=O) groups excluding carboxylic acids is 2. The number of morpholine rings is 2. The van der Waals surface area contributed by atoms with Gasteiger partial charge in [0.1, 0.15) is 12.2 Å². The lowest BCUT2D eigenvalue weighted by atomic mass is 10.00. The second-order valence-corrected chi connectivity index (χ2v) is 8.10. The molecule has 4 rings (SSSR count). The van der Waals surface area contributed by atoms with Crippen molar-refractivity contribution in [3.05, 3.63) is 33.2 Å². The number of ether oxygens (including phenoxy) is 3. The van der Waals surface area contributed by atoms with Crippen molar-refractivity contribution in [3.8, 4) is 11.5 Å². The molecule has 0 aliphatic carbocycles. The summed E-state index contributed by atoms with van der Waals surface area (Å²) in [4.78, 5) is 40.9. The highest BCUT2D eigenvalue weighted by Crippen LogP contribution is 2.37. The molecule has 0 radical (unpaired) electrons. The standard InChI is InChI=1S/C23H28N2O8/c1-15-16-12-19(32-11-4-24-2-7-30-8-3-24)21(28)18(14-26)22(16)33-23(29)17(15)13-20(27)25-5-9-31-10-6-25/h12,14,28H,2-11,13H2,1H3. The molecule has 1 N–H and O–H groups in total. The fraction of sp³-hybridized carbons (Fsp3) is 0.522. The van der Waals surface area contributed by atoms with Gasteiger partial charge < -0.3 is 28.6 Å². The van der Waals surface area contributed by atoms with E-state index in [4.69, 9.17) is 18.6 Å². The van der Waals surface area contributed by atoms with E-state index < -0.39 is 5.63 Å². The monoisotopic (exact) mass is 460 g/mol. The van der Waals surface area contributed by atoms with Crippen LogP contribution in [0.1, 0.15) is 21.5 Å². The molecule has 2 aromatic rings. The maximum atomic E-state index is 12.7. The summed E-state index contributed by atoms with van der Waals surface area (Å²) in [5.74, 6) is -0.441. The first-order valence-corrected chi connectivity index (χ1v) is 11.1. The summed E-state index contributed by atoms with van der Waals surface area (Å²) in [7, 11) is 0. The van der Waals surface area contributed by atoms with Gasteiger partial charge in [-0.25, -0.2) is 4.79 Å². The molecule has 3 heterocycles. The molecule has 2 fully saturated rings. The SMILES string of the molecule is Cc1c(CC(=O)N2CCOCC2)c(=O)oc2c(C=O)c(O)c(OCCN3CCOCC3)cc12. The minimum atomic E-state index is -0.704. The van der Waals surface area contributed by atoms with E-state index in [0.717, 1.165) is 13.1 Å². The zero-order valence-electron chi connectivity index (χ0n) is 18.6. The first kappa shape index (κ1) is 23.2. The first-order valence-electron chi connectivity index (χ1n) is 11.1. The summed E-state index contributed by atoms with van der Waals surface area (Å²) in [6.45, 7) is 7.45. The molecule has 1 aromatic carbocycles. The molecule has 10 nitrogen and oxygen atoms in total. The number of fused-ring (bicyclic) bond motifs is 1. The van der Waals surface area contributed by atoms with E-state index in [1.807, 2.05) is 0 Å². The third kappa shape index (κ3) is 5.02. The summed E-state index contributed by atoms with van der Waals surface area (Å²) < 4.78 is 21.8. The van der Waals surface area contributed by atoms with Crippen LogP contribution in [0.3, 0.4) is 0 Å². The number of rotatable bonds is 7. The van der Waals surface area contributed by atoms with E-state index in [9.17, 15) is 19.5 Å². The Morgan fingerprint density at radius 2 is 1.82 bits per heavy atom. The number of benzene rings is 1. The van der Waals surface area contributed by atoms with Crippen LogP contribution < -0.4 is 10.4 Å². The summed E-state index contributed by atoms with van der Waals surface area (Å²) >= 11 is 0. The van der Waals surface area contributed by atoms with Gasteiger partial charge in [-0.05, 0) is 18.6 Å². The van der Waals surface area contributed by atoms with Crippen LogP contribution in [0.5, 0.6) is 11.5 Å². The summed E-state index contributed by atoms with van der Waals surface area (Å²) in [6, 6.07) is 1.55. The zero-order chi connectivity index (χ0) is 23.4. The number of aldehydes is 1. The van der Waals surface area contributed by atoms with Crippen LogP contribution in [0, 0.1) is 6.92 Å². The Morgan fingerprint density at radius 1 is 1.15 bits per heavy atom. The highest BCUT2D eigenvalue weighted by Gasteiger charge is 2.24. The summed E-state index contributed by atoms with van der Waals surface area (Å²) in [5, 5.41) is 11.0. The number of aryl methyl sites for hydroxylation is 1. The molecule has 178 valence electrons. The van der Waals surface area contributed by atoms with Gasteiger partial charge in [0.2, 0.25) is 5.91 Å². The number of nitrogens with zero attached hydrogens (tertiary/aromatic N) is 2. The molecule has 1 aromatic heterocycles. The maximum Gasteiger partial charge on any atom is 0.340 e. The van der Waals surface area contributed by atoms with Gasteiger partial charge in [0.25, 0.3) is 0 Å². The van der Waals surface area contributed by atoms with Crippen molar-refractivity contribution in [1.29, 1.82) is 0 Å². The van der Waals surface area contributed by atoms with Crippen LogP contribution in [0.2, 0.25) is 0 Å². The van der Waals surface area contributed by atoms with Gasteiger partial charge in [0.15, 0.2) is 23.4 Å². The van der Waals surface area contributed by atoms with Crippen molar-refractivity contribution >= 4 is 23.2 Å². The van der Waals surface area contributed by atoms with Crippen LogP contribution in [0.25, 0.3) is 11.0 Å². The van der Waals surface area contributed by atoms with Crippen molar-refractivity contribution in [1.82, 2.24) is 9.80 Å². The molecule has 0 atom stereocenters. The summed E-state index contributed by atoms with van der Waals surface area (Å²) in [5.41, 5.74) is -0.136. The van der Waals surface area contributed by atoms with E-state index in [0.29, 0.717) is 69.9 Å². The number of amides is 1. The van der Waals surface area contributed by atoms with E-state index in [1.54, 1.807) is 17.9 Å². The Balaban J connectivity index is 1.61. The van der Waals surface area contributed by atoms with Crippen molar-refractivity contribution in [2.75, 3.05) is 65.8 Å². The van der Waals surface area contributed by atoms with Crippen LogP contribution >= 0.6 is 0 Å². The Bertz CT molecular complexity index is 1080. The third-order valence-electron chi connectivity index (χ3n) is 6.13. The van der Waals surface area contributed by atoms with Gasteiger partial charge in [-0.1, -0.05) is 0 Å². The van der Waals surface area contributed by atoms with Gasteiger partial charge in [0, 0.05) is 38.1 Å². The Hall–Kier alpha value is -2.95. The van der Waals surface area contributed by atoms with Crippen molar-refractivity contribution in [3.63, 3.8) is 0 Å². The van der Waals surface area contributed by atoms with Gasteiger partial charge >= 0.3 is 5.63 Å². The Kier molecular flexibility index (Phi) is 7.26. The smallest absolute Gasteiger partial charge is 0.340 e. The number of phenols is 1. The fourth-order valence-electron chi connectivity index (χ4n) is 4.12. The molecule has 0 bridgehead atoms.